The van der Waals surface area contributed by atoms with Crippen LogP contribution in [0.3, 0.4) is 0 Å². The molecule has 0 saturated heterocycles. The van der Waals surface area contributed by atoms with Crippen molar-refractivity contribution in [2.45, 2.75) is 160 Å². The van der Waals surface area contributed by atoms with E-state index in [0.29, 0.717) is 46.7 Å². The van der Waals surface area contributed by atoms with Gasteiger partial charge in [-0.2, -0.15) is 0 Å². The molecule has 11 N–H and O–H groups in total. The maximum Gasteiger partial charge on any atom is 0.326 e. The Hall–Kier alpha value is -10.3. The van der Waals surface area contributed by atoms with Gasteiger partial charge in [-0.05, 0) is 106 Å². The Morgan fingerprint density at radius 1 is 0.559 bits per heavy atom. The van der Waals surface area contributed by atoms with Gasteiger partial charge in [-0.3, -0.25) is 52.7 Å². The zero-order chi connectivity index (χ0) is 75.3. The fourth-order valence-electron chi connectivity index (χ4n) is 11.5. The molecule has 0 saturated carbocycles. The molecule has 6 aromatic rings. The van der Waals surface area contributed by atoms with Gasteiger partial charge in [-0.15, -0.1) is 0 Å². The third-order valence-electron chi connectivity index (χ3n) is 17.2. The van der Waals surface area contributed by atoms with Crippen molar-refractivity contribution < 1.29 is 72.5 Å². The number of aromatic amines is 2. The summed E-state index contributed by atoms with van der Waals surface area (Å²) in [6.45, 7) is 10.3. The fraction of sp³-hybridized carbons (Fsp3) is 0.452. The van der Waals surface area contributed by atoms with Crippen molar-refractivity contribution in [1.29, 1.82) is 0 Å². The number of halogens is 1. The van der Waals surface area contributed by atoms with E-state index in [1.165, 1.54) is 42.0 Å². The summed E-state index contributed by atoms with van der Waals surface area (Å²) in [6.07, 6.45) is 3.73. The number of carbonyl (C=O) groups excluding carboxylic acids is 10. The molecule has 0 unspecified atom stereocenters. The molecular formula is C73H96ClN13O15. The second kappa shape index (κ2) is 37.4. The Morgan fingerprint density at radius 3 is 1.62 bits per heavy atom. The molecule has 2 aromatic heterocycles. The number of carboxylic acid groups (broad SMARTS) is 2. The van der Waals surface area contributed by atoms with Gasteiger partial charge >= 0.3 is 11.9 Å². The molecule has 0 radical (unpaired) electrons. The number of aliphatic carboxylic acids is 2. The molecule has 0 aliphatic rings. The largest absolute Gasteiger partial charge is 0.488 e. The predicted octanol–water partition coefficient (Wildman–Crippen LogP) is 4.10. The smallest absolute Gasteiger partial charge is 0.326 e. The molecule has 6 rings (SSSR count). The van der Waals surface area contributed by atoms with Gasteiger partial charge in [-0.25, -0.2) is 4.79 Å². The van der Waals surface area contributed by atoms with E-state index in [9.17, 15) is 53.1 Å². The van der Waals surface area contributed by atoms with Gasteiger partial charge in [0.25, 0.3) is 0 Å². The molecule has 102 heavy (non-hydrogen) atoms. The zero-order valence-corrected chi connectivity index (χ0v) is 60.4. The first-order chi connectivity index (χ1) is 48.2. The van der Waals surface area contributed by atoms with Gasteiger partial charge in [0.1, 0.15) is 53.6 Å². The summed E-state index contributed by atoms with van der Waals surface area (Å²) in [4.78, 5) is 178. The van der Waals surface area contributed by atoms with E-state index in [4.69, 9.17) is 27.2 Å². The lowest BCUT2D eigenvalue weighted by Gasteiger charge is -2.35. The monoisotopic (exact) mass is 1430 g/mol. The minimum atomic E-state index is -1.78. The van der Waals surface area contributed by atoms with Crippen LogP contribution >= 0.6 is 11.6 Å². The number of benzene rings is 4. The molecule has 29 heteroatoms. The molecule has 4 aromatic carbocycles. The van der Waals surface area contributed by atoms with Crippen LogP contribution in [-0.4, -0.2) is 224 Å². The second-order valence-electron chi connectivity index (χ2n) is 26.6. The van der Waals surface area contributed by atoms with Gasteiger partial charge in [0.15, 0.2) is 0 Å². The van der Waals surface area contributed by atoms with Crippen molar-refractivity contribution in [3.63, 3.8) is 0 Å². The van der Waals surface area contributed by atoms with E-state index >= 15 is 9.59 Å². The van der Waals surface area contributed by atoms with Crippen LogP contribution in [0.15, 0.2) is 109 Å². The number of ether oxygens (including phenoxy) is 1. The van der Waals surface area contributed by atoms with Gasteiger partial charge < -0.3 is 81.7 Å². The highest BCUT2D eigenvalue weighted by molar-refractivity contribution is 6.30. The van der Waals surface area contributed by atoms with Gasteiger partial charge in [0.2, 0.25) is 59.1 Å². The summed E-state index contributed by atoms with van der Waals surface area (Å²) in [5.41, 5.74) is 9.40. The number of fused-ring (bicyclic) bond motifs is 2. The third-order valence-corrected chi connectivity index (χ3v) is 17.4. The first kappa shape index (κ1) is 80.6. The number of carboxylic acids is 2. The highest BCUT2D eigenvalue weighted by atomic mass is 35.5. The number of para-hydroxylation sites is 2. The highest BCUT2D eigenvalue weighted by Gasteiger charge is 2.38. The predicted molar refractivity (Wildman–Crippen MR) is 383 cm³/mol. The lowest BCUT2D eigenvalue weighted by atomic mass is 10.0. The van der Waals surface area contributed by atoms with E-state index in [-0.39, 0.29) is 38.6 Å². The summed E-state index contributed by atoms with van der Waals surface area (Å²) < 4.78 is 6.07. The highest BCUT2D eigenvalue weighted by Crippen LogP contribution is 2.24. The Kier molecular flexibility index (Phi) is 29.5. The number of H-pyrrole nitrogens is 2. The number of unbranched alkanes of at least 4 members (excludes halogenated alkanes) is 1. The van der Waals surface area contributed by atoms with E-state index < -0.39 is 151 Å². The maximum atomic E-state index is 15.3. The molecule has 0 aliphatic heterocycles. The summed E-state index contributed by atoms with van der Waals surface area (Å²) in [5, 5.41) is 34.1. The number of carbonyl (C=O) groups is 12. The Morgan fingerprint density at radius 2 is 1.09 bits per heavy atom. The zero-order valence-electron chi connectivity index (χ0n) is 59.6. The number of nitrogens with two attached hydrogens (primary N) is 1. The van der Waals surface area contributed by atoms with Crippen molar-refractivity contribution in [3.05, 3.63) is 137 Å². The SMILES string of the molecule is CCCC[C@H](NC(=O)[C@H](Cc1c[nH]c2ccccc12)NC(=O)[C@H](C)N)C(=O)N[C@@H](Cc1c[nH]c2ccccc12)C(=O)N[C@H](Cc1ccc(OC(C)(C)C)cc1)C(=O)N(C)CC(=O)N(C)[C@@H](C)C(=O)N(C)[C@@H](Cc1cccc(Cl)c1)C(=O)N(C)CC(=O)N(CCC)CC(=O)N[C@@H](CC(=O)O)C(=O)O. The van der Waals surface area contributed by atoms with Gasteiger partial charge in [-0.1, -0.05) is 99.0 Å². The Balaban J connectivity index is 1.26. The molecular weight excluding hydrogens is 1330 g/mol. The van der Waals surface area contributed by atoms with Gasteiger partial charge in [0, 0.05) is 99.6 Å². The van der Waals surface area contributed by atoms with Crippen LogP contribution in [-0.2, 0) is 83.2 Å². The molecule has 0 spiro atoms. The molecule has 2 heterocycles. The quantitative estimate of drug-likeness (QED) is 0.0262. The van der Waals surface area contributed by atoms with Crippen LogP contribution in [0.4, 0.5) is 0 Å². The standard InChI is InChI=1S/C73H96ClN13O15/c1-12-14-24-55(79-67(95)56(80-65(93)43(3)75)35-47-38-76-53-25-17-15-22-51(47)53)66(94)81-57(36-48-39-77-54-26-18-16-23-52(48)54)68(96)82-58(33-45-27-29-50(30-28-45)102-73(5,6)7)70(98)83(8)41-62(89)85(10)44(4)69(97)86(11)60(34-46-20-19-21-49(74)32-46)71(99)84(9)42-63(90)87(31-13-2)40-61(88)78-59(72(100)101)37-64(91)92/h15-23,25-30,32,38-39,43-44,55-60,76-77H,12-14,24,31,33-37,40-42,75H2,1-11H3,(H,78,88)(H,79,95)(H,80,93)(H,81,94)(H,82,96)(H,91,92)(H,100,101)/t43-,44-,55-,56-,57-,58+,59-,60-/m0/s1. The van der Waals surface area contributed by atoms with E-state index in [1.807, 2.05) is 76.2 Å². The number of hydrogen-bond acceptors (Lipinski definition) is 14. The normalized spacial score (nSPS) is 13.7. The number of aromatic nitrogens is 2. The van der Waals surface area contributed by atoms with Crippen molar-refractivity contribution in [2.24, 2.45) is 5.73 Å². The Bertz CT molecular complexity index is 3960. The summed E-state index contributed by atoms with van der Waals surface area (Å²) in [7, 11) is 5.34. The summed E-state index contributed by atoms with van der Waals surface area (Å²) in [6, 6.07) is 17.5. The summed E-state index contributed by atoms with van der Waals surface area (Å²) >= 11 is 6.37. The van der Waals surface area contributed by atoms with Crippen molar-refractivity contribution in [2.75, 3.05) is 54.4 Å². The van der Waals surface area contributed by atoms with Crippen LogP contribution < -0.4 is 37.1 Å². The number of nitrogens with one attached hydrogen (secondary N) is 7. The van der Waals surface area contributed by atoms with Crippen LogP contribution in [0.1, 0.15) is 103 Å². The summed E-state index contributed by atoms with van der Waals surface area (Å²) in [5.74, 6) is -10.0. The van der Waals surface area contributed by atoms with Crippen molar-refractivity contribution in [1.82, 2.24) is 61.1 Å². The Labute approximate surface area is 598 Å². The van der Waals surface area contributed by atoms with E-state index in [1.54, 1.807) is 67.8 Å². The topological polar surface area (TPSA) is 388 Å². The fourth-order valence-corrected chi connectivity index (χ4v) is 11.7. The molecule has 0 bridgehead atoms. The van der Waals surface area contributed by atoms with Crippen LogP contribution in [0.5, 0.6) is 5.75 Å². The van der Waals surface area contributed by atoms with Crippen LogP contribution in [0.2, 0.25) is 5.02 Å². The molecule has 10 amide bonds. The minimum absolute atomic E-state index is 0.00276. The lowest BCUT2D eigenvalue weighted by molar-refractivity contribution is -0.151. The first-order valence-electron chi connectivity index (χ1n) is 33.8. The first-order valence-corrected chi connectivity index (χ1v) is 34.2. The minimum Gasteiger partial charge on any atom is -0.488 e. The number of nitrogens with zero attached hydrogens (tertiary/aromatic N) is 5. The average Bonchev–Trinajstić information content (AvgIpc) is 1.30. The molecule has 550 valence electrons. The number of rotatable bonds is 37. The van der Waals surface area contributed by atoms with E-state index in [0.717, 1.165) is 51.9 Å². The number of amides is 10. The molecule has 28 nitrogen and oxygen atoms in total. The lowest BCUT2D eigenvalue weighted by Crippen LogP contribution is -2.60. The van der Waals surface area contributed by atoms with Crippen LogP contribution in [0.25, 0.3) is 21.8 Å². The van der Waals surface area contributed by atoms with Crippen LogP contribution in [0, 0.1) is 0 Å². The van der Waals surface area contributed by atoms with Gasteiger partial charge in [0.05, 0.1) is 32.1 Å². The average molecular weight is 1430 g/mol. The number of likely N-dealkylation sites (N-methyl/N-ethyl adjacent to an activating group) is 4. The van der Waals surface area contributed by atoms with Crippen molar-refractivity contribution in [3.8, 4) is 5.75 Å². The maximum absolute atomic E-state index is 15.3. The van der Waals surface area contributed by atoms with Crippen molar-refractivity contribution >= 4 is 104 Å². The third kappa shape index (κ3) is 23.4. The number of hydrogen-bond donors (Lipinski definition) is 10. The molecule has 0 aliphatic carbocycles. The second-order valence-corrected chi connectivity index (χ2v) is 27.0. The molecule has 0 fully saturated rings. The van der Waals surface area contributed by atoms with E-state index in [2.05, 4.69) is 36.6 Å². The molecule has 8 atom stereocenters.